The fourth-order valence-electron chi connectivity index (χ4n) is 2.38. The van der Waals surface area contributed by atoms with Gasteiger partial charge in [-0.1, -0.05) is 31.5 Å². The van der Waals surface area contributed by atoms with E-state index in [-0.39, 0.29) is 6.04 Å². The average molecular weight is 285 g/mol. The fourth-order valence-corrected chi connectivity index (χ4v) is 2.38. The van der Waals surface area contributed by atoms with E-state index in [9.17, 15) is 0 Å². The number of rotatable bonds is 6. The van der Waals surface area contributed by atoms with Crippen LogP contribution in [0.3, 0.4) is 0 Å². The average Bonchev–Trinajstić information content (AvgIpc) is 2.49. The third-order valence-electron chi connectivity index (χ3n) is 3.39. The van der Waals surface area contributed by atoms with Gasteiger partial charge in [0.05, 0.1) is 12.7 Å². The van der Waals surface area contributed by atoms with E-state index in [0.717, 1.165) is 35.7 Å². The van der Waals surface area contributed by atoms with Gasteiger partial charge in [-0.2, -0.15) is 0 Å². The topological polar surface area (TPSA) is 44.5 Å². The minimum absolute atomic E-state index is 0.157. The molecule has 2 aromatic carbocycles. The molecule has 0 saturated carbocycles. The van der Waals surface area contributed by atoms with Gasteiger partial charge < -0.3 is 15.2 Å². The van der Waals surface area contributed by atoms with E-state index in [1.165, 1.54) is 5.56 Å². The smallest absolute Gasteiger partial charge is 0.135 e. The Labute approximate surface area is 126 Å². The summed E-state index contributed by atoms with van der Waals surface area (Å²) in [4.78, 5) is 0. The Morgan fingerprint density at radius 3 is 2.29 bits per heavy atom. The summed E-state index contributed by atoms with van der Waals surface area (Å²) in [5.41, 5.74) is 8.26. The summed E-state index contributed by atoms with van der Waals surface area (Å²) >= 11 is 0. The highest BCUT2D eigenvalue weighted by atomic mass is 16.5. The highest BCUT2D eigenvalue weighted by Crippen LogP contribution is 2.35. The maximum Gasteiger partial charge on any atom is 0.135 e. The second-order valence-corrected chi connectivity index (χ2v) is 5.16. The van der Waals surface area contributed by atoms with Gasteiger partial charge in [-0.15, -0.1) is 0 Å². The molecule has 0 spiro atoms. The van der Waals surface area contributed by atoms with E-state index in [4.69, 9.17) is 15.2 Å². The van der Waals surface area contributed by atoms with Crippen molar-refractivity contribution in [3.05, 3.63) is 53.6 Å². The Bertz CT molecular complexity index is 576. The molecule has 0 aliphatic rings. The first-order valence-electron chi connectivity index (χ1n) is 7.35. The standard InChI is InChI=1S/C18H23NO2/c1-4-6-14-9-11-15(12-10-14)21-17-8-5-7-16(20-3)18(17)13(2)19/h5,7-13H,4,6,19H2,1-3H3/t13-/m0/s1. The second kappa shape index (κ2) is 7.14. The van der Waals surface area contributed by atoms with Crippen LogP contribution in [0.5, 0.6) is 17.2 Å². The molecule has 2 aromatic rings. The Kier molecular flexibility index (Phi) is 5.23. The van der Waals surface area contributed by atoms with Crippen molar-refractivity contribution in [2.45, 2.75) is 32.7 Å². The second-order valence-electron chi connectivity index (χ2n) is 5.16. The number of nitrogens with two attached hydrogens (primary N) is 1. The van der Waals surface area contributed by atoms with Crippen LogP contribution in [-0.2, 0) is 6.42 Å². The minimum Gasteiger partial charge on any atom is -0.496 e. The van der Waals surface area contributed by atoms with Crippen LogP contribution >= 0.6 is 0 Å². The molecule has 0 fully saturated rings. The van der Waals surface area contributed by atoms with Crippen molar-refractivity contribution in [3.63, 3.8) is 0 Å². The lowest BCUT2D eigenvalue weighted by Crippen LogP contribution is -2.08. The first-order valence-corrected chi connectivity index (χ1v) is 7.35. The van der Waals surface area contributed by atoms with E-state index in [2.05, 4.69) is 19.1 Å². The Balaban J connectivity index is 2.26. The van der Waals surface area contributed by atoms with Crippen molar-refractivity contribution in [2.24, 2.45) is 5.73 Å². The van der Waals surface area contributed by atoms with E-state index in [1.54, 1.807) is 7.11 Å². The van der Waals surface area contributed by atoms with Gasteiger partial charge in [-0.05, 0) is 43.2 Å². The first kappa shape index (κ1) is 15.4. The number of ether oxygens (including phenoxy) is 2. The molecule has 0 radical (unpaired) electrons. The normalized spacial score (nSPS) is 12.0. The molecule has 0 amide bonds. The van der Waals surface area contributed by atoms with E-state index in [1.807, 2.05) is 37.3 Å². The third kappa shape index (κ3) is 3.76. The molecule has 2 rings (SSSR count). The molecule has 0 aliphatic heterocycles. The zero-order valence-electron chi connectivity index (χ0n) is 12.9. The molecule has 3 heteroatoms. The molecule has 0 saturated heterocycles. The van der Waals surface area contributed by atoms with Crippen molar-refractivity contribution in [3.8, 4) is 17.2 Å². The maximum absolute atomic E-state index is 6.05. The van der Waals surface area contributed by atoms with Crippen LogP contribution in [0, 0.1) is 0 Å². The molecule has 0 heterocycles. The van der Waals surface area contributed by atoms with Gasteiger partial charge in [0.15, 0.2) is 0 Å². The predicted molar refractivity (Wildman–Crippen MR) is 86.1 cm³/mol. The van der Waals surface area contributed by atoms with E-state index < -0.39 is 0 Å². The summed E-state index contributed by atoms with van der Waals surface area (Å²) in [7, 11) is 1.64. The molecule has 1 atom stereocenters. The van der Waals surface area contributed by atoms with Crippen LogP contribution in [0.25, 0.3) is 0 Å². The van der Waals surface area contributed by atoms with E-state index >= 15 is 0 Å². The summed E-state index contributed by atoms with van der Waals surface area (Å²) in [5, 5.41) is 0. The third-order valence-corrected chi connectivity index (χ3v) is 3.39. The molecule has 3 nitrogen and oxygen atoms in total. The van der Waals surface area contributed by atoms with Gasteiger partial charge in [0, 0.05) is 6.04 Å². The molecule has 0 aromatic heterocycles. The van der Waals surface area contributed by atoms with Crippen LogP contribution < -0.4 is 15.2 Å². The summed E-state index contributed by atoms with van der Waals surface area (Å²) in [6, 6.07) is 13.8. The summed E-state index contributed by atoms with van der Waals surface area (Å²) in [5.74, 6) is 2.31. The van der Waals surface area contributed by atoms with Gasteiger partial charge in [0.1, 0.15) is 17.2 Å². The molecule has 0 bridgehead atoms. The summed E-state index contributed by atoms with van der Waals surface area (Å²) in [6.07, 6.45) is 2.23. The maximum atomic E-state index is 6.05. The van der Waals surface area contributed by atoms with Gasteiger partial charge >= 0.3 is 0 Å². The molecule has 0 aliphatic carbocycles. The molecule has 21 heavy (non-hydrogen) atoms. The summed E-state index contributed by atoms with van der Waals surface area (Å²) in [6.45, 7) is 4.10. The first-order chi connectivity index (χ1) is 10.2. The van der Waals surface area contributed by atoms with E-state index in [0.29, 0.717) is 0 Å². The van der Waals surface area contributed by atoms with Gasteiger partial charge in [0.25, 0.3) is 0 Å². The minimum atomic E-state index is -0.157. The monoisotopic (exact) mass is 285 g/mol. The van der Waals surface area contributed by atoms with Crippen molar-refractivity contribution < 1.29 is 9.47 Å². The van der Waals surface area contributed by atoms with Crippen molar-refractivity contribution >= 4 is 0 Å². The number of hydrogen-bond donors (Lipinski definition) is 1. The number of benzene rings is 2. The molecule has 112 valence electrons. The number of aryl methyl sites for hydroxylation is 1. The lowest BCUT2D eigenvalue weighted by atomic mass is 10.1. The molecular weight excluding hydrogens is 262 g/mol. The van der Waals surface area contributed by atoms with Crippen molar-refractivity contribution in [2.75, 3.05) is 7.11 Å². The highest BCUT2D eigenvalue weighted by molar-refractivity contribution is 5.48. The zero-order valence-corrected chi connectivity index (χ0v) is 12.9. The van der Waals surface area contributed by atoms with Crippen LogP contribution in [0.4, 0.5) is 0 Å². The van der Waals surface area contributed by atoms with Crippen LogP contribution in [0.2, 0.25) is 0 Å². The quantitative estimate of drug-likeness (QED) is 0.852. The predicted octanol–water partition coefficient (Wildman–Crippen LogP) is 4.46. The molecular formula is C18H23NO2. The SMILES string of the molecule is CCCc1ccc(Oc2cccc(OC)c2[C@H](C)N)cc1. The van der Waals surface area contributed by atoms with Crippen LogP contribution in [-0.4, -0.2) is 7.11 Å². The van der Waals surface area contributed by atoms with Crippen molar-refractivity contribution in [1.82, 2.24) is 0 Å². The van der Waals surface area contributed by atoms with Crippen molar-refractivity contribution in [1.29, 1.82) is 0 Å². The van der Waals surface area contributed by atoms with Crippen LogP contribution in [0.1, 0.15) is 37.4 Å². The largest absolute Gasteiger partial charge is 0.496 e. The molecule has 2 N–H and O–H groups in total. The van der Waals surface area contributed by atoms with Gasteiger partial charge in [0.2, 0.25) is 0 Å². The Morgan fingerprint density at radius 2 is 1.71 bits per heavy atom. The fraction of sp³-hybridized carbons (Fsp3) is 0.333. The highest BCUT2D eigenvalue weighted by Gasteiger charge is 2.14. The Hall–Kier alpha value is -2.00. The lowest BCUT2D eigenvalue weighted by Gasteiger charge is -2.17. The zero-order chi connectivity index (χ0) is 15.2. The number of hydrogen-bond acceptors (Lipinski definition) is 3. The number of methoxy groups -OCH3 is 1. The van der Waals surface area contributed by atoms with Gasteiger partial charge in [-0.25, -0.2) is 0 Å². The van der Waals surface area contributed by atoms with Crippen LogP contribution in [0.15, 0.2) is 42.5 Å². The Morgan fingerprint density at radius 1 is 1.05 bits per heavy atom. The lowest BCUT2D eigenvalue weighted by molar-refractivity contribution is 0.397. The molecule has 0 unspecified atom stereocenters. The van der Waals surface area contributed by atoms with Gasteiger partial charge in [-0.3, -0.25) is 0 Å². The summed E-state index contributed by atoms with van der Waals surface area (Å²) < 4.78 is 11.4.